The van der Waals surface area contributed by atoms with Crippen molar-refractivity contribution in [1.82, 2.24) is 14.4 Å². The Morgan fingerprint density at radius 1 is 0.966 bits per heavy atom. The molecule has 2 aromatic carbocycles. The van der Waals surface area contributed by atoms with Crippen LogP contribution in [-0.4, -0.2) is 45.8 Å². The fourth-order valence-electron chi connectivity index (χ4n) is 3.71. The predicted molar refractivity (Wildman–Crippen MR) is 112 cm³/mol. The van der Waals surface area contributed by atoms with Crippen molar-refractivity contribution in [1.29, 1.82) is 0 Å². The Balaban J connectivity index is 1.43. The first-order valence-electron chi connectivity index (χ1n) is 9.81. The number of imidazole rings is 1. The average molecular weight is 386 g/mol. The maximum absolute atomic E-state index is 10.7. The molecule has 0 atom stereocenters. The van der Waals surface area contributed by atoms with Crippen molar-refractivity contribution in [2.45, 2.75) is 6.42 Å². The van der Waals surface area contributed by atoms with Crippen LogP contribution in [0.3, 0.4) is 0 Å². The van der Waals surface area contributed by atoms with Crippen molar-refractivity contribution in [3.05, 3.63) is 78.2 Å². The lowest BCUT2D eigenvalue weighted by Gasteiger charge is -2.28. The topological polar surface area (TPSA) is 62.9 Å². The number of rotatable bonds is 4. The molecule has 6 heteroatoms. The lowest BCUT2D eigenvalue weighted by molar-refractivity contribution is 0.122. The van der Waals surface area contributed by atoms with Crippen LogP contribution in [0.5, 0.6) is 5.88 Å². The molecule has 0 amide bonds. The van der Waals surface area contributed by atoms with E-state index in [4.69, 9.17) is 4.74 Å². The summed E-state index contributed by atoms with van der Waals surface area (Å²) in [6, 6.07) is 18.4. The van der Waals surface area contributed by atoms with Crippen molar-refractivity contribution in [2.24, 2.45) is 0 Å². The number of aromatic nitrogens is 3. The number of morpholine rings is 1. The molecule has 4 aromatic rings. The van der Waals surface area contributed by atoms with Crippen LogP contribution < -0.4 is 4.90 Å². The first-order valence-corrected chi connectivity index (χ1v) is 9.81. The van der Waals surface area contributed by atoms with Gasteiger partial charge in [-0.3, -0.25) is 9.38 Å². The van der Waals surface area contributed by atoms with Crippen molar-refractivity contribution in [3.8, 4) is 17.1 Å². The molecular formula is C23H22N4O2. The second-order valence-electron chi connectivity index (χ2n) is 7.19. The highest BCUT2D eigenvalue weighted by molar-refractivity contribution is 5.64. The molecule has 2 aromatic heterocycles. The fraction of sp³-hybridized carbons (Fsp3) is 0.217. The highest BCUT2D eigenvalue weighted by Crippen LogP contribution is 2.26. The van der Waals surface area contributed by atoms with E-state index in [0.29, 0.717) is 17.8 Å². The number of aromatic hydroxyl groups is 1. The first-order chi connectivity index (χ1) is 14.3. The largest absolute Gasteiger partial charge is 0.493 e. The Kier molecular flexibility index (Phi) is 4.62. The zero-order valence-electron chi connectivity index (χ0n) is 16.0. The standard InChI is InChI=1S/C23H22N4O2/c28-23-20(14-17-4-2-1-3-5-17)25-22-15-24-21(16-27(22)23)18-6-8-19(9-7-18)26-10-12-29-13-11-26/h1-9,15-16,28H,10-14H2. The Morgan fingerprint density at radius 3 is 2.48 bits per heavy atom. The normalized spacial score (nSPS) is 14.4. The van der Waals surface area contributed by atoms with Gasteiger partial charge in [0.2, 0.25) is 5.88 Å². The van der Waals surface area contributed by atoms with Gasteiger partial charge < -0.3 is 14.7 Å². The van der Waals surface area contributed by atoms with E-state index in [9.17, 15) is 5.11 Å². The molecule has 1 N–H and O–H groups in total. The maximum Gasteiger partial charge on any atom is 0.219 e. The van der Waals surface area contributed by atoms with Crippen molar-refractivity contribution in [2.75, 3.05) is 31.2 Å². The maximum atomic E-state index is 10.7. The third kappa shape index (κ3) is 3.54. The van der Waals surface area contributed by atoms with Gasteiger partial charge in [0.1, 0.15) is 5.69 Å². The molecule has 6 nitrogen and oxygen atoms in total. The molecule has 29 heavy (non-hydrogen) atoms. The molecule has 1 fully saturated rings. The summed E-state index contributed by atoms with van der Waals surface area (Å²) in [5.41, 5.74) is 5.39. The fourth-order valence-corrected chi connectivity index (χ4v) is 3.71. The van der Waals surface area contributed by atoms with Gasteiger partial charge in [0, 0.05) is 37.0 Å². The summed E-state index contributed by atoms with van der Waals surface area (Å²) < 4.78 is 7.13. The van der Waals surface area contributed by atoms with Crippen LogP contribution in [0.2, 0.25) is 0 Å². The van der Waals surface area contributed by atoms with E-state index in [1.807, 2.05) is 36.5 Å². The van der Waals surface area contributed by atoms with Crippen LogP contribution in [0.25, 0.3) is 16.9 Å². The minimum Gasteiger partial charge on any atom is -0.493 e. The molecule has 5 rings (SSSR count). The molecular weight excluding hydrogens is 364 g/mol. The van der Waals surface area contributed by atoms with Gasteiger partial charge in [0.15, 0.2) is 5.65 Å². The van der Waals surface area contributed by atoms with Crippen molar-refractivity contribution < 1.29 is 9.84 Å². The number of hydrogen-bond donors (Lipinski definition) is 1. The van der Waals surface area contributed by atoms with Gasteiger partial charge in [0.25, 0.3) is 0 Å². The summed E-state index contributed by atoms with van der Waals surface area (Å²) in [5.74, 6) is 0.164. The summed E-state index contributed by atoms with van der Waals surface area (Å²) in [6.45, 7) is 3.36. The van der Waals surface area contributed by atoms with E-state index in [1.54, 1.807) is 10.6 Å². The van der Waals surface area contributed by atoms with Crippen LogP contribution >= 0.6 is 0 Å². The summed E-state index contributed by atoms with van der Waals surface area (Å²) in [6.07, 6.45) is 4.13. The molecule has 1 aliphatic rings. The molecule has 0 spiro atoms. The van der Waals surface area contributed by atoms with Crippen molar-refractivity contribution >= 4 is 11.3 Å². The number of fused-ring (bicyclic) bond motifs is 1. The molecule has 0 unspecified atom stereocenters. The Labute approximate surface area is 169 Å². The summed E-state index contributed by atoms with van der Waals surface area (Å²) in [5, 5.41) is 10.7. The van der Waals surface area contributed by atoms with Gasteiger partial charge in [-0.25, -0.2) is 4.98 Å². The minimum atomic E-state index is 0.164. The number of nitrogens with zero attached hydrogens (tertiary/aromatic N) is 4. The summed E-state index contributed by atoms with van der Waals surface area (Å²) in [7, 11) is 0. The number of anilines is 1. The highest BCUT2D eigenvalue weighted by atomic mass is 16.5. The van der Waals surface area contributed by atoms with Crippen LogP contribution in [0.15, 0.2) is 67.0 Å². The van der Waals surface area contributed by atoms with Gasteiger partial charge in [-0.15, -0.1) is 0 Å². The average Bonchev–Trinajstić information content (AvgIpc) is 3.10. The highest BCUT2D eigenvalue weighted by Gasteiger charge is 2.14. The third-order valence-electron chi connectivity index (χ3n) is 5.31. The van der Waals surface area contributed by atoms with E-state index >= 15 is 0 Å². The molecule has 1 saturated heterocycles. The van der Waals surface area contributed by atoms with E-state index in [-0.39, 0.29) is 5.88 Å². The van der Waals surface area contributed by atoms with Crippen LogP contribution in [0.4, 0.5) is 5.69 Å². The second-order valence-corrected chi connectivity index (χ2v) is 7.19. The van der Waals surface area contributed by atoms with E-state index in [2.05, 4.69) is 39.1 Å². The van der Waals surface area contributed by atoms with Gasteiger partial charge in [-0.05, 0) is 17.7 Å². The molecule has 1 aliphatic heterocycles. The van der Waals surface area contributed by atoms with Crippen LogP contribution in [-0.2, 0) is 11.2 Å². The van der Waals surface area contributed by atoms with Gasteiger partial charge in [-0.2, -0.15) is 0 Å². The van der Waals surface area contributed by atoms with E-state index in [1.165, 1.54) is 5.69 Å². The third-order valence-corrected chi connectivity index (χ3v) is 5.31. The van der Waals surface area contributed by atoms with Crippen LogP contribution in [0, 0.1) is 0 Å². The number of benzene rings is 2. The molecule has 3 heterocycles. The Morgan fingerprint density at radius 2 is 1.72 bits per heavy atom. The SMILES string of the molecule is Oc1c(Cc2ccccc2)nc2cnc(-c3ccc(N4CCOCC4)cc3)cn12. The van der Waals surface area contributed by atoms with Gasteiger partial charge in [-0.1, -0.05) is 42.5 Å². The van der Waals surface area contributed by atoms with Gasteiger partial charge >= 0.3 is 0 Å². The smallest absolute Gasteiger partial charge is 0.219 e. The molecule has 0 aliphatic carbocycles. The predicted octanol–water partition coefficient (Wildman–Crippen LogP) is 3.53. The Bertz CT molecular complexity index is 1120. The zero-order valence-corrected chi connectivity index (χ0v) is 16.0. The zero-order chi connectivity index (χ0) is 19.6. The minimum absolute atomic E-state index is 0.164. The van der Waals surface area contributed by atoms with Crippen molar-refractivity contribution in [3.63, 3.8) is 0 Å². The van der Waals surface area contributed by atoms with Gasteiger partial charge in [0.05, 0.1) is 25.1 Å². The van der Waals surface area contributed by atoms with E-state index < -0.39 is 0 Å². The summed E-state index contributed by atoms with van der Waals surface area (Å²) in [4.78, 5) is 11.4. The lowest BCUT2D eigenvalue weighted by atomic mass is 10.1. The molecule has 0 saturated carbocycles. The van der Waals surface area contributed by atoms with E-state index in [0.717, 1.165) is 43.1 Å². The number of ether oxygens (including phenoxy) is 1. The Hall–Kier alpha value is -3.38. The lowest BCUT2D eigenvalue weighted by Crippen LogP contribution is -2.36. The monoisotopic (exact) mass is 386 g/mol. The molecule has 0 bridgehead atoms. The second kappa shape index (κ2) is 7.56. The first kappa shape index (κ1) is 17.7. The molecule has 146 valence electrons. The quantitative estimate of drug-likeness (QED) is 0.581. The van der Waals surface area contributed by atoms with Crippen LogP contribution in [0.1, 0.15) is 11.3 Å². The number of hydrogen-bond acceptors (Lipinski definition) is 5. The summed E-state index contributed by atoms with van der Waals surface area (Å²) >= 11 is 0. The molecule has 0 radical (unpaired) electrons.